The largest absolute Gasteiger partial charge is 0.329 e. The molecule has 0 fully saturated rings. The molecule has 0 aliphatic carbocycles. The molecule has 0 bridgehead atoms. The zero-order valence-corrected chi connectivity index (χ0v) is 7.00. The summed E-state index contributed by atoms with van der Waals surface area (Å²) in [6, 6.07) is 5.50. The van der Waals surface area contributed by atoms with E-state index < -0.39 is 11.9 Å². The van der Waals surface area contributed by atoms with Crippen LogP contribution in [0.3, 0.4) is 0 Å². The van der Waals surface area contributed by atoms with Crippen molar-refractivity contribution in [3.05, 3.63) is 35.1 Å². The molecule has 0 heterocycles. The number of nitriles is 1. The first-order valence-corrected chi connectivity index (χ1v) is 3.84. The Morgan fingerprint density at radius 3 is 2.69 bits per heavy atom. The molecule has 0 radical (unpaired) electrons. The summed E-state index contributed by atoms with van der Waals surface area (Å²) in [5.41, 5.74) is 11.5. The Balaban J connectivity index is 3.07. The van der Waals surface area contributed by atoms with Crippen molar-refractivity contribution >= 4 is 0 Å². The summed E-state index contributed by atoms with van der Waals surface area (Å²) < 4.78 is 13.2. The van der Waals surface area contributed by atoms with E-state index in [-0.39, 0.29) is 12.1 Å². The lowest BCUT2D eigenvalue weighted by Gasteiger charge is -2.09. The Bertz CT molecular complexity index is 343. The van der Waals surface area contributed by atoms with Crippen LogP contribution in [0.15, 0.2) is 18.2 Å². The van der Waals surface area contributed by atoms with Crippen LogP contribution < -0.4 is 11.5 Å². The Morgan fingerprint density at radius 1 is 1.54 bits per heavy atom. The van der Waals surface area contributed by atoms with E-state index in [1.54, 1.807) is 0 Å². The molecule has 0 amide bonds. The van der Waals surface area contributed by atoms with Crippen molar-refractivity contribution in [2.24, 2.45) is 11.5 Å². The predicted molar refractivity (Wildman–Crippen MR) is 47.1 cm³/mol. The van der Waals surface area contributed by atoms with E-state index in [0.717, 1.165) is 6.07 Å². The molecule has 13 heavy (non-hydrogen) atoms. The highest BCUT2D eigenvalue weighted by atomic mass is 19.1. The number of hydrogen-bond donors (Lipinski definition) is 2. The van der Waals surface area contributed by atoms with Gasteiger partial charge in [0.15, 0.2) is 0 Å². The minimum Gasteiger partial charge on any atom is -0.329 e. The number of rotatable bonds is 2. The standard InChI is InChI=1S/C9H10FN3/c10-8-3-6(4-11)1-2-7(8)9(13)5-12/h1-3,9H,5,12-13H2/t9-/m1/s1. The smallest absolute Gasteiger partial charge is 0.129 e. The van der Waals surface area contributed by atoms with Gasteiger partial charge in [-0.25, -0.2) is 4.39 Å². The maximum Gasteiger partial charge on any atom is 0.129 e. The fraction of sp³-hybridized carbons (Fsp3) is 0.222. The highest BCUT2D eigenvalue weighted by Gasteiger charge is 2.09. The Labute approximate surface area is 75.8 Å². The summed E-state index contributed by atoms with van der Waals surface area (Å²) in [5.74, 6) is -0.475. The third-order valence-corrected chi connectivity index (χ3v) is 1.78. The highest BCUT2D eigenvalue weighted by Crippen LogP contribution is 2.15. The molecule has 4 N–H and O–H groups in total. The summed E-state index contributed by atoms with van der Waals surface area (Å²) in [4.78, 5) is 0. The first-order chi connectivity index (χ1) is 6.19. The van der Waals surface area contributed by atoms with E-state index in [1.165, 1.54) is 12.1 Å². The van der Waals surface area contributed by atoms with E-state index in [4.69, 9.17) is 16.7 Å². The van der Waals surface area contributed by atoms with Gasteiger partial charge in [-0.3, -0.25) is 0 Å². The molecule has 3 nitrogen and oxygen atoms in total. The summed E-state index contributed by atoms with van der Waals surface area (Å²) in [5, 5.41) is 8.48. The molecule has 1 aromatic rings. The summed E-state index contributed by atoms with van der Waals surface area (Å²) in [7, 11) is 0. The molecule has 0 aromatic heterocycles. The number of hydrogen-bond acceptors (Lipinski definition) is 3. The number of halogens is 1. The van der Waals surface area contributed by atoms with Crippen LogP contribution in [0.5, 0.6) is 0 Å². The first-order valence-electron chi connectivity index (χ1n) is 3.84. The molecule has 0 unspecified atom stereocenters. The van der Waals surface area contributed by atoms with Gasteiger partial charge in [-0.15, -0.1) is 0 Å². The van der Waals surface area contributed by atoms with E-state index in [2.05, 4.69) is 0 Å². The molecule has 1 aromatic carbocycles. The summed E-state index contributed by atoms with van der Waals surface area (Å²) in [6.45, 7) is 0.183. The molecule has 0 aliphatic heterocycles. The lowest BCUT2D eigenvalue weighted by atomic mass is 10.1. The quantitative estimate of drug-likeness (QED) is 0.700. The van der Waals surface area contributed by atoms with Crippen LogP contribution in [0.1, 0.15) is 17.2 Å². The molecular formula is C9H10FN3. The van der Waals surface area contributed by atoms with Gasteiger partial charge in [-0.1, -0.05) is 6.07 Å². The van der Waals surface area contributed by atoms with Crippen LogP contribution in [0.25, 0.3) is 0 Å². The van der Waals surface area contributed by atoms with Gasteiger partial charge in [0.25, 0.3) is 0 Å². The topological polar surface area (TPSA) is 75.8 Å². The summed E-state index contributed by atoms with van der Waals surface area (Å²) >= 11 is 0. The van der Waals surface area contributed by atoms with Crippen molar-refractivity contribution in [2.45, 2.75) is 6.04 Å². The van der Waals surface area contributed by atoms with Crippen LogP contribution in [-0.4, -0.2) is 6.54 Å². The van der Waals surface area contributed by atoms with Crippen LogP contribution in [0, 0.1) is 17.1 Å². The van der Waals surface area contributed by atoms with E-state index in [1.807, 2.05) is 6.07 Å². The zero-order valence-electron chi connectivity index (χ0n) is 7.00. The fourth-order valence-electron chi connectivity index (χ4n) is 1.02. The maximum atomic E-state index is 13.2. The van der Waals surface area contributed by atoms with Crippen molar-refractivity contribution in [2.75, 3.05) is 6.54 Å². The second-order valence-corrected chi connectivity index (χ2v) is 2.69. The summed E-state index contributed by atoms with van der Waals surface area (Å²) in [6.07, 6.45) is 0. The first kappa shape index (κ1) is 9.65. The molecular weight excluding hydrogens is 169 g/mol. The second kappa shape index (κ2) is 3.99. The van der Waals surface area contributed by atoms with Gasteiger partial charge >= 0.3 is 0 Å². The van der Waals surface area contributed by atoms with Gasteiger partial charge in [0.05, 0.1) is 11.6 Å². The van der Waals surface area contributed by atoms with Gasteiger partial charge in [0, 0.05) is 18.2 Å². The van der Waals surface area contributed by atoms with Crippen molar-refractivity contribution in [1.29, 1.82) is 5.26 Å². The van der Waals surface area contributed by atoms with E-state index in [0.29, 0.717) is 5.56 Å². The molecule has 68 valence electrons. The minimum absolute atomic E-state index is 0.183. The van der Waals surface area contributed by atoms with Crippen LogP contribution in [-0.2, 0) is 0 Å². The van der Waals surface area contributed by atoms with Crippen molar-refractivity contribution in [1.82, 2.24) is 0 Å². The minimum atomic E-state index is -0.507. The lowest BCUT2D eigenvalue weighted by molar-refractivity contribution is 0.584. The van der Waals surface area contributed by atoms with Crippen LogP contribution in [0.4, 0.5) is 4.39 Å². The predicted octanol–water partition coefficient (Wildman–Crippen LogP) is 0.656. The molecule has 0 saturated carbocycles. The molecule has 4 heteroatoms. The molecule has 0 spiro atoms. The van der Waals surface area contributed by atoms with Gasteiger partial charge in [0.2, 0.25) is 0 Å². The monoisotopic (exact) mass is 179 g/mol. The van der Waals surface area contributed by atoms with Crippen molar-refractivity contribution in [3.8, 4) is 6.07 Å². The van der Waals surface area contributed by atoms with Crippen molar-refractivity contribution in [3.63, 3.8) is 0 Å². The second-order valence-electron chi connectivity index (χ2n) is 2.69. The fourth-order valence-corrected chi connectivity index (χ4v) is 1.02. The molecule has 1 atom stereocenters. The maximum absolute atomic E-state index is 13.2. The molecule has 1 rings (SSSR count). The average molecular weight is 179 g/mol. The average Bonchev–Trinajstić information content (AvgIpc) is 2.16. The normalized spacial score (nSPS) is 12.2. The third-order valence-electron chi connectivity index (χ3n) is 1.78. The Hall–Kier alpha value is -1.44. The molecule has 0 saturated heterocycles. The van der Waals surface area contributed by atoms with Crippen LogP contribution in [0.2, 0.25) is 0 Å². The van der Waals surface area contributed by atoms with Gasteiger partial charge in [0.1, 0.15) is 5.82 Å². The third kappa shape index (κ3) is 2.02. The van der Waals surface area contributed by atoms with Gasteiger partial charge in [-0.2, -0.15) is 5.26 Å². The zero-order chi connectivity index (χ0) is 9.84. The van der Waals surface area contributed by atoms with E-state index >= 15 is 0 Å². The number of nitrogens with two attached hydrogens (primary N) is 2. The van der Waals surface area contributed by atoms with Crippen molar-refractivity contribution < 1.29 is 4.39 Å². The number of nitrogens with zero attached hydrogens (tertiary/aromatic N) is 1. The van der Waals surface area contributed by atoms with E-state index in [9.17, 15) is 4.39 Å². The highest BCUT2D eigenvalue weighted by molar-refractivity contribution is 5.34. The Kier molecular flexibility index (Phi) is 2.96. The lowest BCUT2D eigenvalue weighted by Crippen LogP contribution is -2.21. The SMILES string of the molecule is N#Cc1ccc([C@H](N)CN)c(F)c1. The number of benzene rings is 1. The van der Waals surface area contributed by atoms with Gasteiger partial charge < -0.3 is 11.5 Å². The van der Waals surface area contributed by atoms with Crippen LogP contribution >= 0.6 is 0 Å². The Morgan fingerprint density at radius 2 is 2.23 bits per heavy atom. The van der Waals surface area contributed by atoms with Gasteiger partial charge in [-0.05, 0) is 12.1 Å². The molecule has 0 aliphatic rings.